The van der Waals surface area contributed by atoms with Crippen molar-refractivity contribution in [1.29, 1.82) is 0 Å². The number of carboxylic acid groups (broad SMARTS) is 1. The van der Waals surface area contributed by atoms with Crippen LogP contribution >= 0.6 is 0 Å². The number of carboxylic acids is 1. The molecule has 5 bridgehead atoms. The van der Waals surface area contributed by atoms with Crippen molar-refractivity contribution in [2.24, 2.45) is 46.3 Å². The molecule has 1 amide bonds. The fourth-order valence-corrected chi connectivity index (χ4v) is 12.1. The highest BCUT2D eigenvalue weighted by Gasteiger charge is 2.50. The average molecular weight is 1410 g/mol. The number of Topliss-reactive ketones (excluding diaryl/α,β-unsaturated/α-hetero) is 1. The van der Waals surface area contributed by atoms with E-state index in [1.165, 1.54) is 77.6 Å². The summed E-state index contributed by atoms with van der Waals surface area (Å²) in [6.45, 7) is 24.4. The number of allylic oxidation sites excluding steroid dienone is 2. The number of benzene rings is 4. The fraction of sp³-hybridized carbons (Fsp3) is 0.539. The predicted octanol–water partition coefficient (Wildman–Crippen LogP) is 10.8. The summed E-state index contributed by atoms with van der Waals surface area (Å²) in [6, 6.07) is 9.87. The molecule has 1 fully saturated rings. The molecule has 1 saturated heterocycles. The number of esters is 3. The molecule has 4 aliphatic heterocycles. The number of fused-ring (bicyclic) bond motifs is 14. The van der Waals surface area contributed by atoms with Crippen LogP contribution in [0.25, 0.3) is 10.8 Å². The summed E-state index contributed by atoms with van der Waals surface area (Å²) >= 11 is 0. The van der Waals surface area contributed by atoms with E-state index in [9.17, 15) is 54.3 Å². The van der Waals surface area contributed by atoms with Crippen molar-refractivity contribution in [3.05, 3.63) is 112 Å². The fourth-order valence-electron chi connectivity index (χ4n) is 12.1. The van der Waals surface area contributed by atoms with Gasteiger partial charge in [-0.25, -0.2) is 9.59 Å². The number of phenols is 5. The minimum atomic E-state index is -2.04. The Morgan fingerprint density at radius 1 is 0.782 bits per heavy atom. The molecular weight excluding hydrogens is 1300 g/mol. The van der Waals surface area contributed by atoms with Crippen LogP contribution in [0.4, 0.5) is 5.69 Å². The van der Waals surface area contributed by atoms with Gasteiger partial charge in [0.05, 0.1) is 77.3 Å². The van der Waals surface area contributed by atoms with Crippen LogP contribution in [0.5, 0.6) is 34.5 Å². The molecule has 11 N–H and O–H groups in total. The van der Waals surface area contributed by atoms with Gasteiger partial charge in [0, 0.05) is 87.3 Å². The largest absolute Gasteiger partial charge is 0.507 e. The smallest absolute Gasteiger partial charge is 0.339 e. The first kappa shape index (κ1) is 82.9. The van der Waals surface area contributed by atoms with Crippen LogP contribution in [0.1, 0.15) is 175 Å². The molecule has 8 rings (SSSR count). The maximum Gasteiger partial charge on any atom is 0.339 e. The molecule has 25 heteroatoms. The van der Waals surface area contributed by atoms with Gasteiger partial charge in [-0.1, -0.05) is 130 Å². The van der Waals surface area contributed by atoms with Crippen molar-refractivity contribution in [2.75, 3.05) is 58.9 Å². The number of ketones is 1. The van der Waals surface area contributed by atoms with Gasteiger partial charge in [-0.3, -0.25) is 24.2 Å². The van der Waals surface area contributed by atoms with E-state index in [0.717, 1.165) is 64.5 Å². The van der Waals surface area contributed by atoms with Crippen LogP contribution in [0.15, 0.2) is 83.7 Å². The Kier molecular flexibility index (Phi) is 31.9. The highest BCUT2D eigenvalue weighted by molar-refractivity contribution is 6.24. The molecule has 4 aliphatic rings. The van der Waals surface area contributed by atoms with Crippen LogP contribution in [0.3, 0.4) is 0 Å². The van der Waals surface area contributed by atoms with E-state index in [0.29, 0.717) is 54.8 Å². The van der Waals surface area contributed by atoms with Gasteiger partial charge in [-0.2, -0.15) is 5.10 Å². The molecular formula is C76H107N5O20. The number of aliphatic hydroxyl groups is 2. The van der Waals surface area contributed by atoms with Crippen LogP contribution in [-0.2, 0) is 44.5 Å². The van der Waals surface area contributed by atoms with Gasteiger partial charge in [0.1, 0.15) is 29.4 Å². The van der Waals surface area contributed by atoms with Crippen molar-refractivity contribution in [1.82, 2.24) is 9.91 Å². The van der Waals surface area contributed by atoms with Gasteiger partial charge >= 0.3 is 29.7 Å². The van der Waals surface area contributed by atoms with Crippen LogP contribution in [0.2, 0.25) is 0 Å². The third-order valence-corrected chi connectivity index (χ3v) is 19.0. The number of nitrogens with two attached hydrogens (primary N) is 1. The molecule has 0 saturated carbocycles. The summed E-state index contributed by atoms with van der Waals surface area (Å²) in [5, 5.41) is 93.5. The topological polar surface area (TPSA) is 377 Å². The third-order valence-electron chi connectivity index (χ3n) is 19.0. The number of piperazine rings is 1. The number of ether oxygens (including phenoxy) is 6. The van der Waals surface area contributed by atoms with Gasteiger partial charge in [-0.05, 0) is 87.9 Å². The number of phenolic OH excluding ortho intramolecular Hbond substituents is 5. The van der Waals surface area contributed by atoms with E-state index in [-0.39, 0.29) is 62.4 Å². The Balaban J connectivity index is 0.000000358. The Morgan fingerprint density at radius 3 is 1.89 bits per heavy atom. The number of nitrogens with zero attached hydrogens (tertiary/aromatic N) is 3. The van der Waals surface area contributed by atoms with Gasteiger partial charge in [0.2, 0.25) is 0 Å². The number of aliphatic hydroxyl groups excluding tert-OH is 2. The van der Waals surface area contributed by atoms with E-state index >= 15 is 0 Å². The van der Waals surface area contributed by atoms with E-state index in [1.54, 1.807) is 69.1 Å². The third kappa shape index (κ3) is 21.9. The van der Waals surface area contributed by atoms with Gasteiger partial charge in [0.25, 0.3) is 11.7 Å². The van der Waals surface area contributed by atoms with Crippen molar-refractivity contribution in [2.45, 2.75) is 177 Å². The first-order chi connectivity index (χ1) is 47.8. The second kappa shape index (κ2) is 38.9. The molecule has 4 heterocycles. The number of rotatable bonds is 21. The quantitative estimate of drug-likeness (QED) is 0.0122. The predicted molar refractivity (Wildman–Crippen MR) is 383 cm³/mol. The van der Waals surface area contributed by atoms with E-state index < -0.39 is 113 Å². The summed E-state index contributed by atoms with van der Waals surface area (Å²) in [6.07, 6.45) is 13.6. The number of methoxy groups -OCH3 is 1. The van der Waals surface area contributed by atoms with Crippen LogP contribution in [0, 0.1) is 42.4 Å². The standard InChI is InChI=1S/C43H58N4O12.C24H38O4.C9H11NO4/c1-21-12-11-13-22(2)42(55)45-33-28(20-44-47-17-15-46(9)16-18-47)37(52)30-31(38(33)53)36(51)26(6)40-32(30)41(54)43(8,59-40)57-19-14-29(56-10)23(3)39(58-27(7)48)25(5)35(50)24(4)34(21)49;1-5-9-13-19(7-3)17-27-23(25)21-15-11-12-16-22(21)24(26)28-18-20(8-4)14-10-6-2;10-6(9(13)14)3-5-1-2-7(11)8(12)4-5/h11-14,19-21,23-25,29,34-35,39,49-53H,15-18H2,1-10H3,(H,45,55);11-12,15-16,19-20H,5-10,13-14,17-18H2,1-4H3;1-2,4,6,11-12H,3,10H2,(H,13,14)/b12-11+,19-14+,22-13-,44-20+;;/t21-,23+,24+,25+,29-,34-,35+,39+,43-;;6-/m0.0/s1. The Hall–Kier alpha value is -8.75. The molecule has 4 aromatic rings. The highest BCUT2D eigenvalue weighted by atomic mass is 16.7. The first-order valence-corrected chi connectivity index (χ1v) is 34.8. The number of amides is 1. The summed E-state index contributed by atoms with van der Waals surface area (Å²) in [5.74, 6) is -10.1. The summed E-state index contributed by atoms with van der Waals surface area (Å²) in [5.41, 5.74) is 6.09. The number of carbonyl (C=O) groups excluding carboxylic acids is 5. The molecule has 101 heavy (non-hydrogen) atoms. The zero-order chi connectivity index (χ0) is 75.2. The molecule has 4 aromatic carbocycles. The van der Waals surface area contributed by atoms with Gasteiger partial charge < -0.3 is 85.2 Å². The number of nitrogens with one attached hydrogen (secondary N) is 1. The number of unbranched alkanes of at least 4 members (excludes halogenated alkanes) is 2. The van der Waals surface area contributed by atoms with Crippen LogP contribution < -0.4 is 15.8 Å². The number of aliphatic carboxylic acids is 1. The lowest BCUT2D eigenvalue weighted by molar-refractivity contribution is -0.160. The number of anilines is 1. The molecule has 2 unspecified atom stereocenters. The van der Waals surface area contributed by atoms with Crippen molar-refractivity contribution < 1.29 is 98.0 Å². The van der Waals surface area contributed by atoms with Gasteiger partial charge in [0.15, 0.2) is 17.2 Å². The SMILES string of the molecule is CCCCC(CC)COC(=O)c1ccccc1C(=O)OCC(CC)CCCC.CO[C@H]1/C=C/O[C@@]2(C)Oc3c(C)c(O)c4c(O)c(c(/C=N/N5CCN(C)CC5)c(O)c4c3C2=O)NC(=O)/C(C)=C\C=C\[C@H](C)[C@H](O)[C@@H](C)[C@@H](O)[C@@H](C)[C@H](OC(C)=O)[C@@H]1C.N[C@@H](Cc1ccc(O)c(O)c1)C(=O)O. The minimum Gasteiger partial charge on any atom is -0.507 e. The zero-order valence-electron chi connectivity index (χ0n) is 60.9. The van der Waals surface area contributed by atoms with E-state index in [4.69, 9.17) is 49.5 Å². The normalized spacial score (nSPS) is 24.0. The first-order valence-electron chi connectivity index (χ1n) is 34.8. The van der Waals surface area contributed by atoms with Crippen molar-refractivity contribution in [3.63, 3.8) is 0 Å². The molecule has 0 aromatic heterocycles. The summed E-state index contributed by atoms with van der Waals surface area (Å²) < 4.78 is 34.6. The lowest BCUT2D eigenvalue weighted by Gasteiger charge is -2.38. The second-order valence-corrected chi connectivity index (χ2v) is 26.7. The van der Waals surface area contributed by atoms with E-state index in [1.807, 2.05) is 7.05 Å². The number of aromatic hydroxyl groups is 5. The number of likely N-dealkylation sites (N-methyl/N-ethyl adjacent to an activating group) is 1. The Bertz CT molecular complexity index is 3570. The highest BCUT2D eigenvalue weighted by Crippen LogP contribution is 2.55. The number of carbonyl (C=O) groups is 6. The number of hydrazone groups is 1. The Labute approximate surface area is 592 Å². The lowest BCUT2D eigenvalue weighted by atomic mass is 9.78. The molecule has 556 valence electrons. The Morgan fingerprint density at radius 2 is 1.37 bits per heavy atom. The molecule has 12 atom stereocenters. The van der Waals surface area contributed by atoms with Gasteiger partial charge in [-0.15, -0.1) is 0 Å². The monoisotopic (exact) mass is 1410 g/mol. The van der Waals surface area contributed by atoms with Crippen LogP contribution in [-0.4, -0.2) is 182 Å². The average Bonchev–Trinajstić information content (AvgIpc) is 1.62. The minimum absolute atomic E-state index is 0.0559. The molecule has 25 nitrogen and oxygen atoms in total. The summed E-state index contributed by atoms with van der Waals surface area (Å²) in [7, 11) is 3.42. The van der Waals surface area contributed by atoms with Crippen molar-refractivity contribution in [3.8, 4) is 34.5 Å². The maximum atomic E-state index is 14.4. The molecule has 0 aliphatic carbocycles. The molecule has 0 radical (unpaired) electrons. The lowest BCUT2D eigenvalue weighted by Crippen LogP contribution is -2.46. The van der Waals surface area contributed by atoms with E-state index in [2.05, 4.69) is 43.0 Å². The summed E-state index contributed by atoms with van der Waals surface area (Å²) in [4.78, 5) is 78.2. The molecule has 0 spiro atoms. The number of hydrogen-bond acceptors (Lipinski definition) is 23. The second-order valence-electron chi connectivity index (χ2n) is 26.7. The number of hydrogen-bond donors (Lipinski definition) is 10. The van der Waals surface area contributed by atoms with Crippen molar-refractivity contribution >= 4 is 58.2 Å². The maximum absolute atomic E-state index is 14.4. The zero-order valence-corrected chi connectivity index (χ0v) is 60.9.